The SMILES string of the molecule is CC(C(=O)Nc1cccc([N+](=O)[O-])c1)N1CCCN(C(=O)c2ccsc2)CC1. The Bertz CT molecular complexity index is 855. The van der Waals surface area contributed by atoms with Gasteiger partial charge in [-0.15, -0.1) is 0 Å². The van der Waals surface area contributed by atoms with E-state index < -0.39 is 11.0 Å². The van der Waals surface area contributed by atoms with Crippen molar-refractivity contribution in [3.63, 3.8) is 0 Å². The lowest BCUT2D eigenvalue weighted by Crippen LogP contribution is -2.44. The first kappa shape index (κ1) is 20.0. The lowest BCUT2D eigenvalue weighted by atomic mass is 10.2. The Morgan fingerprint density at radius 2 is 2.04 bits per heavy atom. The maximum atomic E-state index is 12.6. The van der Waals surface area contributed by atoms with Crippen LogP contribution in [-0.4, -0.2) is 58.8 Å². The van der Waals surface area contributed by atoms with Crippen molar-refractivity contribution in [2.24, 2.45) is 0 Å². The first-order valence-electron chi connectivity index (χ1n) is 9.06. The highest BCUT2D eigenvalue weighted by Crippen LogP contribution is 2.18. The van der Waals surface area contributed by atoms with Crippen molar-refractivity contribution in [2.45, 2.75) is 19.4 Å². The molecule has 1 aromatic carbocycles. The van der Waals surface area contributed by atoms with E-state index in [0.29, 0.717) is 37.4 Å². The smallest absolute Gasteiger partial charge is 0.271 e. The van der Waals surface area contributed by atoms with Crippen LogP contribution >= 0.6 is 11.3 Å². The molecule has 1 saturated heterocycles. The van der Waals surface area contributed by atoms with Gasteiger partial charge in [-0.2, -0.15) is 11.3 Å². The Kier molecular flexibility index (Phi) is 6.37. The number of rotatable bonds is 5. The monoisotopic (exact) mass is 402 g/mol. The van der Waals surface area contributed by atoms with E-state index in [-0.39, 0.29) is 17.5 Å². The van der Waals surface area contributed by atoms with E-state index >= 15 is 0 Å². The zero-order valence-corrected chi connectivity index (χ0v) is 16.4. The second kappa shape index (κ2) is 8.94. The van der Waals surface area contributed by atoms with E-state index in [1.807, 2.05) is 33.6 Å². The van der Waals surface area contributed by atoms with Crippen LogP contribution in [0, 0.1) is 10.1 Å². The zero-order chi connectivity index (χ0) is 20.1. The van der Waals surface area contributed by atoms with Crippen molar-refractivity contribution in [3.8, 4) is 0 Å². The molecule has 0 aliphatic carbocycles. The summed E-state index contributed by atoms with van der Waals surface area (Å²) in [5.41, 5.74) is 1.04. The number of thiophene rings is 1. The number of amides is 2. The number of hydrogen-bond donors (Lipinski definition) is 1. The number of carbonyl (C=O) groups excluding carboxylic acids is 2. The minimum atomic E-state index is -0.493. The van der Waals surface area contributed by atoms with Crippen LogP contribution < -0.4 is 5.32 Å². The van der Waals surface area contributed by atoms with Crippen LogP contribution in [0.2, 0.25) is 0 Å². The highest BCUT2D eigenvalue weighted by Gasteiger charge is 2.26. The molecule has 1 aliphatic heterocycles. The number of anilines is 1. The molecule has 28 heavy (non-hydrogen) atoms. The Morgan fingerprint density at radius 3 is 2.75 bits per heavy atom. The Hall–Kier alpha value is -2.78. The van der Waals surface area contributed by atoms with Crippen LogP contribution in [-0.2, 0) is 4.79 Å². The molecule has 148 valence electrons. The summed E-state index contributed by atoms with van der Waals surface area (Å²) in [4.78, 5) is 39.4. The Labute approximate surface area is 166 Å². The molecule has 1 N–H and O–H groups in total. The first-order chi connectivity index (χ1) is 13.5. The average Bonchev–Trinajstić information content (AvgIpc) is 3.11. The van der Waals surface area contributed by atoms with Gasteiger partial charge in [0.05, 0.1) is 16.5 Å². The normalized spacial score (nSPS) is 16.2. The molecule has 0 bridgehead atoms. The standard InChI is InChI=1S/C19H22N4O4S/c1-14(18(24)20-16-4-2-5-17(12-16)23(26)27)21-7-3-8-22(10-9-21)19(25)15-6-11-28-13-15/h2,4-6,11-14H,3,7-10H2,1H3,(H,20,24). The maximum Gasteiger partial charge on any atom is 0.271 e. The fraction of sp³-hybridized carbons (Fsp3) is 0.368. The van der Waals surface area contributed by atoms with Crippen molar-refractivity contribution in [1.29, 1.82) is 0 Å². The molecular formula is C19H22N4O4S. The number of nitrogens with one attached hydrogen (secondary N) is 1. The van der Waals surface area contributed by atoms with Gasteiger partial charge in [0.1, 0.15) is 0 Å². The lowest BCUT2D eigenvalue weighted by Gasteiger charge is -2.27. The summed E-state index contributed by atoms with van der Waals surface area (Å²) in [6, 6.07) is 7.31. The van der Waals surface area contributed by atoms with Gasteiger partial charge < -0.3 is 10.2 Å². The van der Waals surface area contributed by atoms with Gasteiger partial charge in [0.2, 0.25) is 5.91 Å². The van der Waals surface area contributed by atoms with Gasteiger partial charge in [0, 0.05) is 49.4 Å². The molecule has 0 spiro atoms. The van der Waals surface area contributed by atoms with Crippen LogP contribution in [0.3, 0.4) is 0 Å². The van der Waals surface area contributed by atoms with Crippen molar-refractivity contribution >= 4 is 34.5 Å². The fourth-order valence-corrected chi connectivity index (χ4v) is 3.84. The van der Waals surface area contributed by atoms with Crippen LogP contribution in [0.1, 0.15) is 23.7 Å². The van der Waals surface area contributed by atoms with E-state index in [0.717, 1.165) is 6.42 Å². The van der Waals surface area contributed by atoms with Gasteiger partial charge in [-0.1, -0.05) is 6.07 Å². The van der Waals surface area contributed by atoms with E-state index in [4.69, 9.17) is 0 Å². The highest BCUT2D eigenvalue weighted by molar-refractivity contribution is 7.08. The van der Waals surface area contributed by atoms with Crippen molar-refractivity contribution < 1.29 is 14.5 Å². The van der Waals surface area contributed by atoms with Gasteiger partial charge in [-0.05, 0) is 30.9 Å². The third-order valence-corrected chi connectivity index (χ3v) is 5.52. The van der Waals surface area contributed by atoms with Crippen molar-refractivity contribution in [2.75, 3.05) is 31.5 Å². The van der Waals surface area contributed by atoms with Gasteiger partial charge in [-0.25, -0.2) is 0 Å². The molecule has 1 atom stereocenters. The third kappa shape index (κ3) is 4.73. The Balaban J connectivity index is 1.59. The summed E-state index contributed by atoms with van der Waals surface area (Å²) in [5.74, 6) is -0.199. The summed E-state index contributed by atoms with van der Waals surface area (Å²) in [6.07, 6.45) is 0.782. The molecule has 1 aromatic heterocycles. The molecule has 0 saturated carbocycles. The molecule has 1 fully saturated rings. The molecular weight excluding hydrogens is 380 g/mol. The largest absolute Gasteiger partial charge is 0.337 e. The number of carbonyl (C=O) groups is 2. The summed E-state index contributed by atoms with van der Waals surface area (Å²) in [6.45, 7) is 4.33. The molecule has 1 unspecified atom stereocenters. The second-order valence-corrected chi connectivity index (χ2v) is 7.45. The number of hydrogen-bond acceptors (Lipinski definition) is 6. The number of nitro benzene ring substituents is 1. The summed E-state index contributed by atoms with van der Waals surface area (Å²) in [7, 11) is 0. The molecule has 2 aromatic rings. The maximum absolute atomic E-state index is 12.6. The molecule has 3 rings (SSSR count). The van der Waals surface area contributed by atoms with Gasteiger partial charge in [0.15, 0.2) is 0 Å². The number of benzene rings is 1. The van der Waals surface area contributed by atoms with E-state index in [1.165, 1.54) is 29.5 Å². The molecule has 2 heterocycles. The predicted octanol–water partition coefficient (Wildman–Crippen LogP) is 2.83. The quantitative estimate of drug-likeness (QED) is 0.613. The molecule has 2 amide bonds. The highest BCUT2D eigenvalue weighted by atomic mass is 32.1. The van der Waals surface area contributed by atoms with Crippen molar-refractivity contribution in [1.82, 2.24) is 9.80 Å². The van der Waals surface area contributed by atoms with Crippen LogP contribution in [0.5, 0.6) is 0 Å². The van der Waals surface area contributed by atoms with E-state index in [9.17, 15) is 19.7 Å². The van der Waals surface area contributed by atoms with Crippen LogP contribution in [0.15, 0.2) is 41.1 Å². The van der Waals surface area contributed by atoms with E-state index in [2.05, 4.69) is 5.32 Å². The number of non-ortho nitro benzene ring substituents is 1. The average molecular weight is 402 g/mol. The second-order valence-electron chi connectivity index (χ2n) is 6.67. The summed E-state index contributed by atoms with van der Waals surface area (Å²) >= 11 is 1.50. The van der Waals surface area contributed by atoms with Crippen LogP contribution in [0.25, 0.3) is 0 Å². The topological polar surface area (TPSA) is 95.8 Å². The minimum absolute atomic E-state index is 0.0248. The number of nitrogens with zero attached hydrogens (tertiary/aromatic N) is 3. The zero-order valence-electron chi connectivity index (χ0n) is 15.5. The fourth-order valence-electron chi connectivity index (χ4n) is 3.21. The summed E-state index contributed by atoms with van der Waals surface area (Å²) in [5, 5.41) is 17.4. The van der Waals surface area contributed by atoms with Crippen LogP contribution in [0.4, 0.5) is 11.4 Å². The van der Waals surface area contributed by atoms with Gasteiger partial charge >= 0.3 is 0 Å². The van der Waals surface area contributed by atoms with Gasteiger partial charge in [-0.3, -0.25) is 24.6 Å². The molecule has 9 heteroatoms. The molecule has 1 aliphatic rings. The third-order valence-electron chi connectivity index (χ3n) is 4.84. The summed E-state index contributed by atoms with van der Waals surface area (Å²) < 4.78 is 0. The Morgan fingerprint density at radius 1 is 1.21 bits per heavy atom. The van der Waals surface area contributed by atoms with E-state index in [1.54, 1.807) is 6.07 Å². The molecule has 0 radical (unpaired) electrons. The lowest BCUT2D eigenvalue weighted by molar-refractivity contribution is -0.384. The predicted molar refractivity (Wildman–Crippen MR) is 108 cm³/mol. The first-order valence-corrected chi connectivity index (χ1v) is 10.0. The van der Waals surface area contributed by atoms with Crippen molar-refractivity contribution in [3.05, 3.63) is 56.8 Å². The van der Waals surface area contributed by atoms with Gasteiger partial charge in [0.25, 0.3) is 11.6 Å². The molecule has 8 nitrogen and oxygen atoms in total. The number of nitro groups is 1. The minimum Gasteiger partial charge on any atom is -0.337 e.